The van der Waals surface area contributed by atoms with Gasteiger partial charge in [0.05, 0.1) is 0 Å². The summed E-state index contributed by atoms with van der Waals surface area (Å²) in [7, 11) is 0. The molecule has 1 fully saturated rings. The van der Waals surface area contributed by atoms with Crippen molar-refractivity contribution in [3.05, 3.63) is 95.4 Å². The summed E-state index contributed by atoms with van der Waals surface area (Å²) >= 11 is 0. The molecule has 2 unspecified atom stereocenters. The fourth-order valence-electron chi connectivity index (χ4n) is 5.28. The van der Waals surface area contributed by atoms with Gasteiger partial charge in [-0.25, -0.2) is 4.98 Å². The summed E-state index contributed by atoms with van der Waals surface area (Å²) in [6, 6.07) is 24.9. The molecule has 0 aliphatic heterocycles. The Morgan fingerprint density at radius 3 is 2.28 bits per heavy atom. The Kier molecular flexibility index (Phi) is 7.04. The quantitative estimate of drug-likeness (QED) is 0.207. The number of rotatable bonds is 6. The molecule has 4 nitrogen and oxygen atoms in total. The van der Waals surface area contributed by atoms with Crippen LogP contribution in [0.4, 0.5) is 0 Å². The molecule has 0 bridgehead atoms. The molecule has 4 aromatic rings. The molecule has 1 aliphatic rings. The molecule has 0 saturated heterocycles. The third-order valence-electron chi connectivity index (χ3n) is 7.17. The summed E-state index contributed by atoms with van der Waals surface area (Å²) in [4.78, 5) is 16.6. The summed E-state index contributed by atoms with van der Waals surface area (Å²) in [6.07, 6.45) is 5.49. The maximum atomic E-state index is 11.4. The van der Waals surface area contributed by atoms with Gasteiger partial charge in [0.15, 0.2) is 11.7 Å². The molecule has 2 atom stereocenters. The van der Waals surface area contributed by atoms with Crippen molar-refractivity contribution in [1.29, 1.82) is 0 Å². The Morgan fingerprint density at radius 2 is 1.58 bits per heavy atom. The third-order valence-corrected chi connectivity index (χ3v) is 7.17. The zero-order valence-corrected chi connectivity index (χ0v) is 21.3. The van der Waals surface area contributed by atoms with E-state index in [9.17, 15) is 4.79 Å². The van der Waals surface area contributed by atoms with Crippen LogP contribution in [0.3, 0.4) is 0 Å². The van der Waals surface area contributed by atoms with Crippen molar-refractivity contribution in [3.63, 3.8) is 0 Å². The van der Waals surface area contributed by atoms with Crippen LogP contribution in [-0.4, -0.2) is 11.0 Å². The normalized spacial score (nSPS) is 17.6. The molecule has 1 aliphatic carbocycles. The number of oxazole rings is 1. The minimum atomic E-state index is -0.297. The lowest BCUT2D eigenvalue weighted by molar-refractivity contribution is -0.131. The number of carbonyl (C=O) groups is 1. The minimum absolute atomic E-state index is 0.250. The van der Waals surface area contributed by atoms with Crippen LogP contribution >= 0.6 is 0 Å². The maximum Gasteiger partial charge on any atom is 0.308 e. The van der Waals surface area contributed by atoms with Crippen LogP contribution in [0.15, 0.2) is 77.2 Å². The number of aromatic nitrogens is 1. The predicted octanol–water partition coefficient (Wildman–Crippen LogP) is 8.07. The Labute approximate surface area is 213 Å². The SMILES string of the molecule is CC(=O)Oc1cccc(CC2CCCCC2c2nc(-c3ccc(C)cc3)c(-c3ccc(C)cc3)o2)c1. The fraction of sp³-hybridized carbons (Fsp3) is 0.312. The van der Waals surface area contributed by atoms with E-state index in [1.165, 1.54) is 36.5 Å². The van der Waals surface area contributed by atoms with Gasteiger partial charge in [-0.3, -0.25) is 4.79 Å². The van der Waals surface area contributed by atoms with Gasteiger partial charge >= 0.3 is 5.97 Å². The number of aryl methyl sites for hydroxylation is 2. The molecule has 1 heterocycles. The standard InChI is InChI=1S/C32H33NO3/c1-21-11-15-25(16-12-21)30-31(26-17-13-22(2)14-18-26)36-32(33-30)29-10-5-4-8-27(29)19-24-7-6-9-28(20-24)35-23(3)34/h6-7,9,11-18,20,27,29H,4-5,8,10,19H2,1-3H3. The van der Waals surface area contributed by atoms with Gasteiger partial charge < -0.3 is 9.15 Å². The van der Waals surface area contributed by atoms with Gasteiger partial charge in [0.2, 0.25) is 0 Å². The van der Waals surface area contributed by atoms with E-state index in [4.69, 9.17) is 14.1 Å². The zero-order valence-electron chi connectivity index (χ0n) is 21.3. The lowest BCUT2D eigenvalue weighted by Gasteiger charge is -2.29. The Balaban J connectivity index is 1.50. The molecule has 5 rings (SSSR count). The van der Waals surface area contributed by atoms with Gasteiger partial charge in [0.1, 0.15) is 11.4 Å². The van der Waals surface area contributed by atoms with E-state index in [0.29, 0.717) is 11.7 Å². The molecule has 0 amide bonds. The maximum absolute atomic E-state index is 11.4. The van der Waals surface area contributed by atoms with Crippen molar-refractivity contribution in [3.8, 4) is 28.3 Å². The highest BCUT2D eigenvalue weighted by molar-refractivity contribution is 5.77. The first kappa shape index (κ1) is 24.1. The number of esters is 1. The van der Waals surface area contributed by atoms with Crippen molar-refractivity contribution >= 4 is 5.97 Å². The smallest absolute Gasteiger partial charge is 0.308 e. The second-order valence-corrected chi connectivity index (χ2v) is 10.1. The summed E-state index contributed by atoms with van der Waals surface area (Å²) in [5.74, 6) is 2.65. The average molecular weight is 480 g/mol. The molecular formula is C32H33NO3. The Bertz CT molecular complexity index is 1270. The van der Waals surface area contributed by atoms with Crippen LogP contribution in [0.2, 0.25) is 0 Å². The number of benzene rings is 3. The van der Waals surface area contributed by atoms with Crippen LogP contribution in [0.5, 0.6) is 5.75 Å². The van der Waals surface area contributed by atoms with E-state index in [1.807, 2.05) is 18.2 Å². The predicted molar refractivity (Wildman–Crippen MR) is 143 cm³/mol. The van der Waals surface area contributed by atoms with Gasteiger partial charge in [0, 0.05) is 24.0 Å². The zero-order chi connectivity index (χ0) is 25.1. The molecule has 1 aromatic heterocycles. The first-order valence-corrected chi connectivity index (χ1v) is 12.9. The first-order chi connectivity index (χ1) is 17.5. The Hall–Kier alpha value is -3.66. The van der Waals surface area contributed by atoms with E-state index < -0.39 is 0 Å². The molecule has 0 radical (unpaired) electrons. The molecule has 3 aromatic carbocycles. The second-order valence-electron chi connectivity index (χ2n) is 10.1. The minimum Gasteiger partial charge on any atom is -0.440 e. The van der Waals surface area contributed by atoms with E-state index in [-0.39, 0.29) is 11.9 Å². The molecule has 0 N–H and O–H groups in total. The van der Waals surface area contributed by atoms with E-state index in [0.717, 1.165) is 47.7 Å². The van der Waals surface area contributed by atoms with Crippen LogP contribution in [0.25, 0.3) is 22.6 Å². The van der Waals surface area contributed by atoms with Gasteiger partial charge in [-0.15, -0.1) is 0 Å². The van der Waals surface area contributed by atoms with Crippen LogP contribution in [0, 0.1) is 19.8 Å². The molecule has 4 heteroatoms. The summed E-state index contributed by atoms with van der Waals surface area (Å²) in [5, 5.41) is 0. The molecule has 36 heavy (non-hydrogen) atoms. The van der Waals surface area contributed by atoms with Crippen molar-refractivity contribution < 1.29 is 13.9 Å². The van der Waals surface area contributed by atoms with Crippen molar-refractivity contribution in [2.75, 3.05) is 0 Å². The number of carbonyl (C=O) groups excluding carboxylic acids is 1. The average Bonchev–Trinajstić information content (AvgIpc) is 3.30. The van der Waals surface area contributed by atoms with Gasteiger partial charge in [-0.05, 0) is 56.7 Å². The number of nitrogens with zero attached hydrogens (tertiary/aromatic N) is 1. The number of ether oxygens (including phenoxy) is 1. The van der Waals surface area contributed by atoms with Crippen molar-refractivity contribution in [2.45, 2.75) is 58.8 Å². The van der Waals surface area contributed by atoms with Crippen molar-refractivity contribution in [2.24, 2.45) is 5.92 Å². The molecule has 0 spiro atoms. The Morgan fingerprint density at radius 1 is 0.917 bits per heavy atom. The largest absolute Gasteiger partial charge is 0.440 e. The summed E-state index contributed by atoms with van der Waals surface area (Å²) in [5.41, 5.74) is 6.66. The monoisotopic (exact) mass is 479 g/mol. The van der Waals surface area contributed by atoms with Crippen LogP contribution < -0.4 is 4.74 Å². The highest BCUT2D eigenvalue weighted by Gasteiger charge is 2.32. The van der Waals surface area contributed by atoms with E-state index >= 15 is 0 Å². The van der Waals surface area contributed by atoms with Gasteiger partial charge in [-0.1, -0.05) is 84.6 Å². The van der Waals surface area contributed by atoms with Gasteiger partial charge in [-0.2, -0.15) is 0 Å². The first-order valence-electron chi connectivity index (χ1n) is 12.9. The molecule has 1 saturated carbocycles. The number of hydrogen-bond donors (Lipinski definition) is 0. The number of hydrogen-bond acceptors (Lipinski definition) is 4. The highest BCUT2D eigenvalue weighted by atomic mass is 16.5. The highest BCUT2D eigenvalue weighted by Crippen LogP contribution is 2.43. The van der Waals surface area contributed by atoms with E-state index in [2.05, 4.69) is 68.4 Å². The van der Waals surface area contributed by atoms with Crippen molar-refractivity contribution in [1.82, 2.24) is 4.98 Å². The van der Waals surface area contributed by atoms with Gasteiger partial charge in [0.25, 0.3) is 0 Å². The summed E-state index contributed by atoms with van der Waals surface area (Å²) < 4.78 is 11.9. The fourth-order valence-corrected chi connectivity index (χ4v) is 5.28. The second kappa shape index (κ2) is 10.5. The van der Waals surface area contributed by atoms with E-state index in [1.54, 1.807) is 0 Å². The third kappa shape index (κ3) is 5.43. The van der Waals surface area contributed by atoms with Crippen LogP contribution in [0.1, 0.15) is 61.1 Å². The topological polar surface area (TPSA) is 52.3 Å². The molecular weight excluding hydrogens is 446 g/mol. The lowest BCUT2D eigenvalue weighted by atomic mass is 9.76. The lowest BCUT2D eigenvalue weighted by Crippen LogP contribution is -2.20. The van der Waals surface area contributed by atoms with Crippen LogP contribution in [-0.2, 0) is 11.2 Å². The molecule has 184 valence electrons. The summed E-state index contributed by atoms with van der Waals surface area (Å²) in [6.45, 7) is 5.63.